The number of alkyl halides is 1. The number of phosphoric acid groups is 1. The van der Waals surface area contributed by atoms with Crippen LogP contribution >= 0.6 is 7.82 Å². The maximum Gasteiger partial charge on any atom is 0.524 e. The summed E-state index contributed by atoms with van der Waals surface area (Å²) in [7, 11) is -4.96. The molecule has 0 heterocycles. The Labute approximate surface area is 156 Å². The lowest BCUT2D eigenvalue weighted by atomic mass is 10.1. The van der Waals surface area contributed by atoms with Crippen molar-refractivity contribution < 1.29 is 32.9 Å². The second-order valence-corrected chi connectivity index (χ2v) is 7.04. The Morgan fingerprint density at radius 1 is 1.26 bits per heavy atom. The number of amides is 2. The lowest BCUT2D eigenvalue weighted by Crippen LogP contribution is -2.28. The van der Waals surface area contributed by atoms with Crippen LogP contribution in [0.15, 0.2) is 18.2 Å². The molecule has 0 saturated carbocycles. The summed E-state index contributed by atoms with van der Waals surface area (Å²) < 4.78 is 30.2. The highest BCUT2D eigenvalue weighted by atomic mass is 31.2. The maximum atomic E-state index is 14.6. The molecule has 1 rings (SSSR count). The molecule has 11 heteroatoms. The van der Waals surface area contributed by atoms with Crippen molar-refractivity contribution in [3.63, 3.8) is 0 Å². The van der Waals surface area contributed by atoms with Gasteiger partial charge in [-0.25, -0.2) is 8.96 Å². The SMILES string of the molecule is CC(=O)Nc1ccc(OP(=O)(O)O)c(C(F)C(=O)NCCCCCCN)c1. The van der Waals surface area contributed by atoms with Crippen LogP contribution in [0.2, 0.25) is 0 Å². The van der Waals surface area contributed by atoms with Crippen LogP contribution in [0.5, 0.6) is 5.75 Å². The lowest BCUT2D eigenvalue weighted by molar-refractivity contribution is -0.126. The summed E-state index contributed by atoms with van der Waals surface area (Å²) in [4.78, 5) is 41.1. The molecule has 9 nitrogen and oxygen atoms in total. The number of rotatable bonds is 11. The van der Waals surface area contributed by atoms with E-state index < -0.39 is 37.1 Å². The first-order valence-corrected chi connectivity index (χ1v) is 9.95. The van der Waals surface area contributed by atoms with Crippen molar-refractivity contribution in [3.05, 3.63) is 23.8 Å². The minimum atomic E-state index is -4.96. The molecule has 27 heavy (non-hydrogen) atoms. The van der Waals surface area contributed by atoms with Gasteiger partial charge >= 0.3 is 7.82 Å². The summed E-state index contributed by atoms with van der Waals surface area (Å²) in [5.74, 6) is -1.88. The van der Waals surface area contributed by atoms with E-state index in [0.717, 1.165) is 31.4 Å². The summed E-state index contributed by atoms with van der Waals surface area (Å²) in [6.07, 6.45) is 1.03. The molecule has 1 aromatic carbocycles. The van der Waals surface area contributed by atoms with E-state index in [0.29, 0.717) is 13.0 Å². The molecule has 0 aliphatic rings. The summed E-state index contributed by atoms with van der Waals surface area (Å²) >= 11 is 0. The van der Waals surface area contributed by atoms with E-state index in [1.54, 1.807) is 0 Å². The van der Waals surface area contributed by atoms with Crippen LogP contribution < -0.4 is 20.9 Å². The third kappa shape index (κ3) is 8.96. The highest BCUT2D eigenvalue weighted by Crippen LogP contribution is 2.42. The fourth-order valence-electron chi connectivity index (χ4n) is 2.30. The molecule has 0 radical (unpaired) electrons. The number of halogens is 1. The van der Waals surface area contributed by atoms with Crippen molar-refractivity contribution in [3.8, 4) is 5.75 Å². The zero-order valence-corrected chi connectivity index (χ0v) is 15.9. The molecule has 0 aliphatic carbocycles. The first kappa shape index (κ1) is 23.0. The quantitative estimate of drug-likeness (QED) is 0.278. The van der Waals surface area contributed by atoms with Crippen LogP contribution in [-0.2, 0) is 14.2 Å². The van der Waals surface area contributed by atoms with Gasteiger partial charge in [-0.2, -0.15) is 0 Å². The largest absolute Gasteiger partial charge is 0.524 e. The molecule has 152 valence electrons. The van der Waals surface area contributed by atoms with Gasteiger partial charge in [-0.3, -0.25) is 19.4 Å². The Hall–Kier alpha value is -2.00. The van der Waals surface area contributed by atoms with E-state index in [1.807, 2.05) is 0 Å². The number of nitrogens with one attached hydrogen (secondary N) is 2. The molecule has 0 aliphatic heterocycles. The number of hydrogen-bond acceptors (Lipinski definition) is 5. The maximum absolute atomic E-state index is 14.6. The van der Waals surface area contributed by atoms with Gasteiger partial charge in [0.2, 0.25) is 12.1 Å². The predicted octanol–water partition coefficient (Wildman–Crippen LogP) is 1.76. The minimum absolute atomic E-state index is 0.160. The van der Waals surface area contributed by atoms with Gasteiger partial charge in [-0.05, 0) is 37.6 Å². The summed E-state index contributed by atoms with van der Waals surface area (Å²) in [6, 6.07) is 3.45. The highest BCUT2D eigenvalue weighted by molar-refractivity contribution is 7.46. The third-order valence-electron chi connectivity index (χ3n) is 3.48. The van der Waals surface area contributed by atoms with Crippen LogP contribution in [0.25, 0.3) is 0 Å². The third-order valence-corrected chi connectivity index (χ3v) is 3.92. The van der Waals surface area contributed by atoms with Gasteiger partial charge < -0.3 is 20.9 Å². The molecule has 0 fully saturated rings. The molecular formula is C16H25FN3O6P. The first-order chi connectivity index (χ1) is 12.6. The standard InChI is InChI=1S/C16H25FN3O6P/c1-11(21)20-12-6-7-14(26-27(23,24)25)13(10-12)15(17)16(22)19-9-5-3-2-4-8-18/h6-7,10,15H,2-5,8-9,18H2,1H3,(H,19,22)(H,20,21)(H2,23,24,25). The number of anilines is 1. The minimum Gasteiger partial charge on any atom is -0.404 e. The molecule has 0 aromatic heterocycles. The number of carbonyl (C=O) groups is 2. The number of carbonyl (C=O) groups excluding carboxylic acids is 2. The Balaban J connectivity index is 2.86. The topological polar surface area (TPSA) is 151 Å². The number of hydrogen-bond donors (Lipinski definition) is 5. The van der Waals surface area contributed by atoms with Gasteiger partial charge in [0.05, 0.1) is 0 Å². The molecular weight excluding hydrogens is 380 g/mol. The summed E-state index contributed by atoms with van der Waals surface area (Å²) in [6.45, 7) is 2.08. The van der Waals surface area contributed by atoms with Gasteiger partial charge in [0, 0.05) is 24.7 Å². The van der Waals surface area contributed by atoms with E-state index in [4.69, 9.17) is 15.5 Å². The van der Waals surface area contributed by atoms with Crippen molar-refractivity contribution in [1.29, 1.82) is 0 Å². The number of benzene rings is 1. The van der Waals surface area contributed by atoms with Gasteiger partial charge in [0.25, 0.3) is 5.91 Å². The molecule has 0 spiro atoms. The molecule has 0 saturated heterocycles. The van der Waals surface area contributed by atoms with Gasteiger partial charge in [0.1, 0.15) is 5.75 Å². The second kappa shape index (κ2) is 11.0. The molecule has 2 amide bonds. The second-order valence-electron chi connectivity index (χ2n) is 5.87. The van der Waals surface area contributed by atoms with E-state index >= 15 is 0 Å². The number of phosphoric ester groups is 1. The van der Waals surface area contributed by atoms with Gasteiger partial charge in [-0.1, -0.05) is 12.8 Å². The van der Waals surface area contributed by atoms with Crippen LogP contribution in [0.3, 0.4) is 0 Å². The van der Waals surface area contributed by atoms with Crippen LogP contribution in [0.4, 0.5) is 10.1 Å². The van der Waals surface area contributed by atoms with Gasteiger partial charge in [-0.15, -0.1) is 0 Å². The van der Waals surface area contributed by atoms with Crippen molar-refractivity contribution in [2.45, 2.75) is 38.8 Å². The Bertz CT molecular complexity index is 697. The van der Waals surface area contributed by atoms with Crippen LogP contribution in [0.1, 0.15) is 44.3 Å². The average Bonchev–Trinajstić information content (AvgIpc) is 2.56. The zero-order chi connectivity index (χ0) is 20.4. The zero-order valence-electron chi connectivity index (χ0n) is 15.0. The van der Waals surface area contributed by atoms with Crippen molar-refractivity contribution in [1.82, 2.24) is 5.32 Å². The van der Waals surface area contributed by atoms with E-state index in [9.17, 15) is 18.5 Å². The average molecular weight is 405 g/mol. The number of nitrogens with two attached hydrogens (primary N) is 1. The normalized spacial score (nSPS) is 12.3. The first-order valence-electron chi connectivity index (χ1n) is 8.42. The van der Waals surface area contributed by atoms with Crippen molar-refractivity contribution >= 4 is 25.3 Å². The molecule has 1 aromatic rings. The molecule has 0 bridgehead atoms. The molecule has 6 N–H and O–H groups in total. The Morgan fingerprint density at radius 2 is 1.93 bits per heavy atom. The lowest BCUT2D eigenvalue weighted by Gasteiger charge is -2.16. The van der Waals surface area contributed by atoms with Crippen molar-refractivity contribution in [2.75, 3.05) is 18.4 Å². The van der Waals surface area contributed by atoms with Crippen LogP contribution in [-0.4, -0.2) is 34.7 Å². The Morgan fingerprint density at radius 3 is 2.52 bits per heavy atom. The predicted molar refractivity (Wildman–Crippen MR) is 97.8 cm³/mol. The van der Waals surface area contributed by atoms with E-state index in [2.05, 4.69) is 15.2 Å². The van der Waals surface area contributed by atoms with E-state index in [1.165, 1.54) is 13.0 Å². The fraction of sp³-hybridized carbons (Fsp3) is 0.500. The number of unbranched alkanes of at least 4 members (excludes halogenated alkanes) is 3. The summed E-state index contributed by atoms with van der Waals surface area (Å²) in [5.41, 5.74) is 5.14. The smallest absolute Gasteiger partial charge is 0.404 e. The highest BCUT2D eigenvalue weighted by Gasteiger charge is 2.27. The summed E-state index contributed by atoms with van der Waals surface area (Å²) in [5, 5.41) is 4.83. The molecule has 1 unspecified atom stereocenters. The molecule has 1 atom stereocenters. The fourth-order valence-corrected chi connectivity index (χ4v) is 2.73. The monoisotopic (exact) mass is 405 g/mol. The van der Waals surface area contributed by atoms with Gasteiger partial charge in [0.15, 0.2) is 0 Å². The Kier molecular flexibility index (Phi) is 9.37. The van der Waals surface area contributed by atoms with Crippen molar-refractivity contribution in [2.24, 2.45) is 5.73 Å². The van der Waals surface area contributed by atoms with Crippen LogP contribution in [0, 0.1) is 0 Å². The van der Waals surface area contributed by atoms with E-state index in [-0.39, 0.29) is 12.2 Å².